The summed E-state index contributed by atoms with van der Waals surface area (Å²) in [5, 5.41) is 1.00. The Bertz CT molecular complexity index is 1150. The predicted molar refractivity (Wildman–Crippen MR) is 118 cm³/mol. The van der Waals surface area contributed by atoms with Crippen LogP contribution in [0.1, 0.15) is 24.0 Å². The Morgan fingerprint density at radius 3 is 2.50 bits per heavy atom. The molecule has 1 fully saturated rings. The SMILES string of the molecule is CCc1nc(C)cc(N2CCN(C(=O)Cn3c(=O)cc(C)c4ccccc43)CC2)n1. The normalized spacial score (nSPS) is 14.4. The van der Waals surface area contributed by atoms with E-state index < -0.39 is 0 Å². The number of fused-ring (bicyclic) bond motifs is 1. The van der Waals surface area contributed by atoms with Crippen molar-refractivity contribution in [2.24, 2.45) is 0 Å². The first-order valence-corrected chi connectivity index (χ1v) is 10.4. The number of benzene rings is 1. The molecular weight excluding hydrogens is 378 g/mol. The lowest BCUT2D eigenvalue weighted by Crippen LogP contribution is -2.50. The monoisotopic (exact) mass is 405 g/mol. The fourth-order valence-corrected chi connectivity index (χ4v) is 4.02. The summed E-state index contributed by atoms with van der Waals surface area (Å²) >= 11 is 0. The van der Waals surface area contributed by atoms with Gasteiger partial charge in [0, 0.05) is 55.8 Å². The van der Waals surface area contributed by atoms with E-state index in [1.165, 1.54) is 0 Å². The smallest absolute Gasteiger partial charge is 0.251 e. The van der Waals surface area contributed by atoms with Gasteiger partial charge in [0.1, 0.15) is 18.2 Å². The molecule has 30 heavy (non-hydrogen) atoms. The van der Waals surface area contributed by atoms with Gasteiger partial charge in [-0.2, -0.15) is 0 Å². The van der Waals surface area contributed by atoms with Gasteiger partial charge in [-0.05, 0) is 25.5 Å². The molecule has 0 radical (unpaired) electrons. The maximum Gasteiger partial charge on any atom is 0.251 e. The highest BCUT2D eigenvalue weighted by atomic mass is 16.2. The number of aryl methyl sites for hydroxylation is 3. The van der Waals surface area contributed by atoms with Crippen LogP contribution in [0.2, 0.25) is 0 Å². The third-order valence-electron chi connectivity index (χ3n) is 5.68. The van der Waals surface area contributed by atoms with Gasteiger partial charge in [-0.1, -0.05) is 25.1 Å². The number of amides is 1. The minimum Gasteiger partial charge on any atom is -0.353 e. The Kier molecular flexibility index (Phi) is 5.53. The topological polar surface area (TPSA) is 71.3 Å². The van der Waals surface area contributed by atoms with E-state index in [1.807, 2.05) is 56.0 Å². The van der Waals surface area contributed by atoms with E-state index in [4.69, 9.17) is 0 Å². The zero-order valence-electron chi connectivity index (χ0n) is 17.8. The molecule has 3 aromatic rings. The Labute approximate surface area is 176 Å². The summed E-state index contributed by atoms with van der Waals surface area (Å²) in [4.78, 5) is 38.7. The summed E-state index contributed by atoms with van der Waals surface area (Å²) in [6.07, 6.45) is 0.798. The number of hydrogen-bond donors (Lipinski definition) is 0. The van der Waals surface area contributed by atoms with E-state index in [2.05, 4.69) is 14.9 Å². The predicted octanol–water partition coefficient (Wildman–Crippen LogP) is 2.32. The van der Waals surface area contributed by atoms with E-state index in [9.17, 15) is 9.59 Å². The third-order valence-corrected chi connectivity index (χ3v) is 5.68. The van der Waals surface area contributed by atoms with Crippen LogP contribution >= 0.6 is 0 Å². The number of piperazine rings is 1. The highest BCUT2D eigenvalue weighted by Gasteiger charge is 2.23. The molecule has 0 unspecified atom stereocenters. The number of para-hydroxylation sites is 1. The summed E-state index contributed by atoms with van der Waals surface area (Å²) in [5.41, 5.74) is 2.56. The molecule has 1 aliphatic heterocycles. The van der Waals surface area contributed by atoms with Crippen molar-refractivity contribution < 1.29 is 4.79 Å². The summed E-state index contributed by atoms with van der Waals surface area (Å²) in [6, 6.07) is 11.3. The first-order chi connectivity index (χ1) is 14.5. The van der Waals surface area contributed by atoms with Crippen LogP contribution in [-0.2, 0) is 17.8 Å². The van der Waals surface area contributed by atoms with Gasteiger partial charge in [0.05, 0.1) is 5.52 Å². The molecule has 0 saturated carbocycles. The number of nitrogens with zero attached hydrogens (tertiary/aromatic N) is 5. The maximum atomic E-state index is 13.0. The van der Waals surface area contributed by atoms with Gasteiger partial charge in [0.25, 0.3) is 5.56 Å². The summed E-state index contributed by atoms with van der Waals surface area (Å²) in [6.45, 7) is 8.67. The molecule has 1 amide bonds. The second kappa shape index (κ2) is 8.26. The number of carbonyl (C=O) groups excluding carboxylic acids is 1. The van der Waals surface area contributed by atoms with Crippen molar-refractivity contribution in [3.05, 3.63) is 63.8 Å². The summed E-state index contributed by atoms with van der Waals surface area (Å²) in [5.74, 6) is 1.74. The summed E-state index contributed by atoms with van der Waals surface area (Å²) < 4.78 is 1.58. The van der Waals surface area contributed by atoms with Crippen molar-refractivity contribution in [2.75, 3.05) is 31.1 Å². The van der Waals surface area contributed by atoms with Crippen molar-refractivity contribution >= 4 is 22.6 Å². The first-order valence-electron chi connectivity index (χ1n) is 10.4. The van der Waals surface area contributed by atoms with Gasteiger partial charge < -0.3 is 9.80 Å². The van der Waals surface area contributed by atoms with Crippen molar-refractivity contribution in [1.29, 1.82) is 0 Å². The number of aromatic nitrogens is 3. The standard InChI is InChI=1S/C23H27N5O2/c1-4-20-24-17(3)14-21(25-20)26-9-11-27(12-10-26)23(30)15-28-19-8-6-5-7-18(19)16(2)13-22(28)29/h5-8,13-14H,4,9-12,15H2,1-3H3. The molecule has 0 atom stereocenters. The van der Waals surface area contributed by atoms with E-state index in [1.54, 1.807) is 10.6 Å². The molecule has 0 spiro atoms. The van der Waals surface area contributed by atoms with E-state index in [0.29, 0.717) is 13.1 Å². The van der Waals surface area contributed by atoms with Crippen LogP contribution in [0.5, 0.6) is 0 Å². The molecule has 1 aromatic carbocycles. The van der Waals surface area contributed by atoms with E-state index >= 15 is 0 Å². The Hall–Kier alpha value is -3.22. The van der Waals surface area contributed by atoms with Crippen LogP contribution in [0, 0.1) is 13.8 Å². The van der Waals surface area contributed by atoms with Gasteiger partial charge >= 0.3 is 0 Å². The first kappa shape index (κ1) is 20.1. The molecule has 156 valence electrons. The number of anilines is 1. The number of carbonyl (C=O) groups is 1. The van der Waals surface area contributed by atoms with Gasteiger partial charge in [-0.15, -0.1) is 0 Å². The molecule has 0 aliphatic carbocycles. The molecular formula is C23H27N5O2. The second-order valence-electron chi connectivity index (χ2n) is 7.77. The van der Waals surface area contributed by atoms with Gasteiger partial charge in [0.15, 0.2) is 0 Å². The minimum absolute atomic E-state index is 0.0288. The quantitative estimate of drug-likeness (QED) is 0.666. The lowest BCUT2D eigenvalue weighted by Gasteiger charge is -2.35. The van der Waals surface area contributed by atoms with Crippen LogP contribution in [0.25, 0.3) is 10.9 Å². The van der Waals surface area contributed by atoms with Gasteiger partial charge in [-0.3, -0.25) is 14.2 Å². The minimum atomic E-state index is -0.137. The second-order valence-corrected chi connectivity index (χ2v) is 7.77. The molecule has 3 heterocycles. The van der Waals surface area contributed by atoms with Gasteiger partial charge in [-0.25, -0.2) is 9.97 Å². The largest absolute Gasteiger partial charge is 0.353 e. The van der Waals surface area contributed by atoms with Crippen molar-refractivity contribution in [3.8, 4) is 0 Å². The van der Waals surface area contributed by atoms with Crippen molar-refractivity contribution in [2.45, 2.75) is 33.7 Å². The van der Waals surface area contributed by atoms with Crippen LogP contribution in [0.15, 0.2) is 41.2 Å². The van der Waals surface area contributed by atoms with Crippen LogP contribution in [0.3, 0.4) is 0 Å². The molecule has 0 N–H and O–H groups in total. The highest BCUT2D eigenvalue weighted by Crippen LogP contribution is 2.18. The average molecular weight is 406 g/mol. The molecule has 7 heteroatoms. The molecule has 0 bridgehead atoms. The van der Waals surface area contributed by atoms with Crippen LogP contribution < -0.4 is 10.5 Å². The van der Waals surface area contributed by atoms with Crippen LogP contribution in [0.4, 0.5) is 5.82 Å². The number of rotatable bonds is 4. The van der Waals surface area contributed by atoms with Crippen LogP contribution in [-0.4, -0.2) is 51.5 Å². The lowest BCUT2D eigenvalue weighted by molar-refractivity contribution is -0.132. The third kappa shape index (κ3) is 3.92. The molecule has 1 aliphatic rings. The van der Waals surface area contributed by atoms with E-state index in [0.717, 1.165) is 53.3 Å². The lowest BCUT2D eigenvalue weighted by atomic mass is 10.1. The molecule has 2 aromatic heterocycles. The Morgan fingerprint density at radius 2 is 1.77 bits per heavy atom. The fraction of sp³-hybridized carbons (Fsp3) is 0.391. The molecule has 4 rings (SSSR count). The zero-order valence-corrected chi connectivity index (χ0v) is 17.8. The zero-order chi connectivity index (χ0) is 21.3. The molecule has 7 nitrogen and oxygen atoms in total. The van der Waals surface area contributed by atoms with Gasteiger partial charge in [0.2, 0.25) is 5.91 Å². The summed E-state index contributed by atoms with van der Waals surface area (Å²) in [7, 11) is 0. The number of hydrogen-bond acceptors (Lipinski definition) is 5. The van der Waals surface area contributed by atoms with E-state index in [-0.39, 0.29) is 18.0 Å². The van der Waals surface area contributed by atoms with Crippen molar-refractivity contribution in [1.82, 2.24) is 19.4 Å². The maximum absolute atomic E-state index is 13.0. The average Bonchev–Trinajstić information content (AvgIpc) is 2.76. The Morgan fingerprint density at radius 1 is 1.03 bits per heavy atom. The number of pyridine rings is 1. The van der Waals surface area contributed by atoms with Crippen molar-refractivity contribution in [3.63, 3.8) is 0 Å². The fourth-order valence-electron chi connectivity index (χ4n) is 4.02. The molecule has 1 saturated heterocycles. The Balaban J connectivity index is 1.48. The highest BCUT2D eigenvalue weighted by molar-refractivity contribution is 5.84.